The Morgan fingerprint density at radius 2 is 2.18 bits per heavy atom. The van der Waals surface area contributed by atoms with Crippen LogP contribution in [0.25, 0.3) is 6.08 Å². The van der Waals surface area contributed by atoms with Crippen LogP contribution in [0.15, 0.2) is 23.8 Å². The summed E-state index contributed by atoms with van der Waals surface area (Å²) in [6, 6.07) is 5.04. The molecule has 0 saturated carbocycles. The number of hydrogen-bond acceptors (Lipinski definition) is 1. The lowest BCUT2D eigenvalue weighted by Gasteiger charge is -2.10. The molecule has 1 N–H and O–H groups in total. The summed E-state index contributed by atoms with van der Waals surface area (Å²) in [4.78, 5) is 0. The highest BCUT2D eigenvalue weighted by Crippen LogP contribution is 2.18. The molecule has 0 unspecified atom stereocenters. The van der Waals surface area contributed by atoms with E-state index in [-0.39, 0.29) is 5.82 Å². The van der Waals surface area contributed by atoms with Gasteiger partial charge in [0.05, 0.1) is 0 Å². The molecule has 0 atom stereocenters. The zero-order valence-corrected chi connectivity index (χ0v) is 11.3. The van der Waals surface area contributed by atoms with Crippen molar-refractivity contribution in [1.29, 1.82) is 0 Å². The first-order valence-electron chi connectivity index (χ1n) is 5.90. The van der Waals surface area contributed by atoms with Crippen molar-refractivity contribution in [2.45, 2.75) is 33.2 Å². The Bertz CT molecular complexity index is 399. The molecule has 1 rings (SSSR count). The molecular formula is C14H19ClFN. The summed E-state index contributed by atoms with van der Waals surface area (Å²) in [5.74, 6) is -0.232. The fourth-order valence-electron chi connectivity index (χ4n) is 1.46. The second kappa shape index (κ2) is 6.77. The number of nitrogens with one attached hydrogen (secondary N) is 1. The van der Waals surface area contributed by atoms with Crippen molar-refractivity contribution >= 4 is 17.7 Å². The molecule has 0 aliphatic carbocycles. The van der Waals surface area contributed by atoms with E-state index in [0.29, 0.717) is 16.6 Å². The molecule has 1 nitrogen and oxygen atoms in total. The minimum Gasteiger partial charge on any atom is -0.311 e. The van der Waals surface area contributed by atoms with Crippen LogP contribution in [0, 0.1) is 5.82 Å². The number of hydrogen-bond donors (Lipinski definition) is 1. The Balaban J connectivity index is 2.86. The van der Waals surface area contributed by atoms with E-state index in [9.17, 15) is 4.39 Å². The molecule has 0 spiro atoms. The molecule has 0 heterocycles. The Kier molecular flexibility index (Phi) is 5.66. The molecule has 0 saturated heterocycles. The predicted molar refractivity (Wildman–Crippen MR) is 72.8 cm³/mol. The summed E-state index contributed by atoms with van der Waals surface area (Å²) in [5.41, 5.74) is 1.72. The fourth-order valence-corrected chi connectivity index (χ4v) is 1.64. The molecular weight excluding hydrogens is 237 g/mol. The Hall–Kier alpha value is -0.860. The van der Waals surface area contributed by atoms with Gasteiger partial charge in [0.2, 0.25) is 0 Å². The smallest absolute Gasteiger partial charge is 0.130 e. The summed E-state index contributed by atoms with van der Waals surface area (Å²) in [6.07, 6.45) is 2.77. The van der Waals surface area contributed by atoms with Crippen molar-refractivity contribution in [2.75, 3.05) is 6.54 Å². The van der Waals surface area contributed by atoms with Crippen LogP contribution in [0.5, 0.6) is 0 Å². The van der Waals surface area contributed by atoms with Crippen molar-refractivity contribution in [1.82, 2.24) is 5.32 Å². The fraction of sp³-hybridized carbons (Fsp3) is 0.429. The Morgan fingerprint density at radius 3 is 2.76 bits per heavy atom. The van der Waals surface area contributed by atoms with Gasteiger partial charge in [0.25, 0.3) is 0 Å². The monoisotopic (exact) mass is 255 g/mol. The highest BCUT2D eigenvalue weighted by molar-refractivity contribution is 6.30. The quantitative estimate of drug-likeness (QED) is 0.829. The van der Waals surface area contributed by atoms with Crippen LogP contribution in [0.3, 0.4) is 0 Å². The largest absolute Gasteiger partial charge is 0.311 e. The molecule has 1 aromatic carbocycles. The van der Waals surface area contributed by atoms with Crippen LogP contribution in [0.1, 0.15) is 32.8 Å². The van der Waals surface area contributed by atoms with Gasteiger partial charge in [0, 0.05) is 23.2 Å². The van der Waals surface area contributed by atoms with Gasteiger partial charge in [0.1, 0.15) is 5.82 Å². The number of benzene rings is 1. The molecule has 17 heavy (non-hydrogen) atoms. The second-order valence-corrected chi connectivity index (χ2v) is 4.79. The lowest BCUT2D eigenvalue weighted by molar-refractivity contribution is 0.614. The molecule has 0 bridgehead atoms. The first-order chi connectivity index (χ1) is 8.02. The molecule has 94 valence electrons. The lowest BCUT2D eigenvalue weighted by atomic mass is 10.1. The van der Waals surface area contributed by atoms with Crippen LogP contribution in [0.2, 0.25) is 5.02 Å². The third kappa shape index (κ3) is 4.88. The van der Waals surface area contributed by atoms with E-state index in [1.807, 2.05) is 6.08 Å². The number of rotatable bonds is 5. The van der Waals surface area contributed by atoms with E-state index in [4.69, 9.17) is 11.6 Å². The van der Waals surface area contributed by atoms with Gasteiger partial charge in [-0.25, -0.2) is 4.39 Å². The minimum absolute atomic E-state index is 0.232. The maximum absolute atomic E-state index is 13.5. The first kappa shape index (κ1) is 14.2. The molecule has 0 aromatic heterocycles. The molecule has 1 aromatic rings. The molecule has 0 radical (unpaired) electrons. The Labute approximate surface area is 108 Å². The normalized spacial score (nSPS) is 12.2. The van der Waals surface area contributed by atoms with Crippen molar-refractivity contribution in [2.24, 2.45) is 0 Å². The SMILES string of the molecule is CC/C(=C/c1cc(Cl)ccc1F)CNC(C)C. The van der Waals surface area contributed by atoms with Crippen LogP contribution < -0.4 is 5.32 Å². The summed E-state index contributed by atoms with van der Waals surface area (Å²) >= 11 is 5.86. The van der Waals surface area contributed by atoms with Gasteiger partial charge < -0.3 is 5.32 Å². The van der Waals surface area contributed by atoms with E-state index in [2.05, 4.69) is 26.1 Å². The zero-order chi connectivity index (χ0) is 12.8. The molecule has 0 aliphatic rings. The van der Waals surface area contributed by atoms with Gasteiger partial charge in [-0.15, -0.1) is 0 Å². The number of halogens is 2. The van der Waals surface area contributed by atoms with Gasteiger partial charge in [-0.3, -0.25) is 0 Å². The van der Waals surface area contributed by atoms with Crippen molar-refractivity contribution in [3.63, 3.8) is 0 Å². The molecule has 0 aliphatic heterocycles. The van der Waals surface area contributed by atoms with Gasteiger partial charge in [-0.05, 0) is 24.6 Å². The summed E-state index contributed by atoms with van der Waals surface area (Å²) in [7, 11) is 0. The van der Waals surface area contributed by atoms with Crippen LogP contribution in [0.4, 0.5) is 4.39 Å². The zero-order valence-electron chi connectivity index (χ0n) is 10.6. The third-order valence-corrected chi connectivity index (χ3v) is 2.74. The van der Waals surface area contributed by atoms with E-state index in [1.165, 1.54) is 11.6 Å². The van der Waals surface area contributed by atoms with E-state index >= 15 is 0 Å². The summed E-state index contributed by atoms with van der Waals surface area (Å²) in [6.45, 7) is 7.02. The molecule has 0 fully saturated rings. The van der Waals surface area contributed by atoms with Gasteiger partial charge in [-0.2, -0.15) is 0 Å². The van der Waals surface area contributed by atoms with E-state index in [0.717, 1.165) is 13.0 Å². The van der Waals surface area contributed by atoms with Gasteiger partial charge in [-0.1, -0.05) is 44.0 Å². The molecule has 0 amide bonds. The summed E-state index contributed by atoms with van der Waals surface area (Å²) in [5, 5.41) is 3.89. The summed E-state index contributed by atoms with van der Waals surface area (Å²) < 4.78 is 13.5. The minimum atomic E-state index is -0.232. The third-order valence-electron chi connectivity index (χ3n) is 2.51. The first-order valence-corrected chi connectivity index (χ1v) is 6.28. The topological polar surface area (TPSA) is 12.0 Å². The highest BCUT2D eigenvalue weighted by atomic mass is 35.5. The van der Waals surface area contributed by atoms with Crippen LogP contribution >= 0.6 is 11.6 Å². The predicted octanol–water partition coefficient (Wildman–Crippen LogP) is 4.27. The average Bonchev–Trinajstić information content (AvgIpc) is 2.28. The molecule has 3 heteroatoms. The van der Waals surface area contributed by atoms with Gasteiger partial charge >= 0.3 is 0 Å². The van der Waals surface area contributed by atoms with E-state index in [1.54, 1.807) is 12.1 Å². The van der Waals surface area contributed by atoms with Crippen molar-refractivity contribution < 1.29 is 4.39 Å². The van der Waals surface area contributed by atoms with Crippen molar-refractivity contribution in [3.8, 4) is 0 Å². The second-order valence-electron chi connectivity index (χ2n) is 4.36. The van der Waals surface area contributed by atoms with Gasteiger partial charge in [0.15, 0.2) is 0 Å². The Morgan fingerprint density at radius 1 is 1.47 bits per heavy atom. The average molecular weight is 256 g/mol. The van der Waals surface area contributed by atoms with E-state index < -0.39 is 0 Å². The maximum atomic E-state index is 13.5. The van der Waals surface area contributed by atoms with Crippen LogP contribution in [-0.2, 0) is 0 Å². The lowest BCUT2D eigenvalue weighted by Crippen LogP contribution is -2.24. The standard InChI is InChI=1S/C14H19ClFN/c1-4-11(9-17-10(2)3)7-12-8-13(15)5-6-14(12)16/h5-8,10,17H,4,9H2,1-3H3/b11-7-. The highest BCUT2D eigenvalue weighted by Gasteiger charge is 2.03. The maximum Gasteiger partial charge on any atom is 0.130 e. The van der Waals surface area contributed by atoms with Crippen molar-refractivity contribution in [3.05, 3.63) is 40.2 Å². The van der Waals surface area contributed by atoms with Crippen LogP contribution in [-0.4, -0.2) is 12.6 Å².